The normalized spacial score (nSPS) is 63.0. The van der Waals surface area contributed by atoms with Crippen LogP contribution in [0.5, 0.6) is 0 Å². The van der Waals surface area contributed by atoms with Crippen LogP contribution in [0.1, 0.15) is 46.0 Å². The second kappa shape index (κ2) is 3.06. The molecule has 6 heteroatoms. The molecule has 124 valence electrons. The lowest BCUT2D eigenvalue weighted by molar-refractivity contribution is -0.196. The molecule has 23 heavy (non-hydrogen) atoms. The maximum atomic E-state index is 12.7. The number of ether oxygens (including phenoxy) is 3. The van der Waals surface area contributed by atoms with Gasteiger partial charge in [0.1, 0.15) is 6.10 Å². The zero-order valence-electron chi connectivity index (χ0n) is 13.3. The van der Waals surface area contributed by atoms with Crippen molar-refractivity contribution in [2.75, 3.05) is 0 Å². The van der Waals surface area contributed by atoms with E-state index >= 15 is 0 Å². The van der Waals surface area contributed by atoms with Crippen LogP contribution in [-0.2, 0) is 23.8 Å². The summed E-state index contributed by atoms with van der Waals surface area (Å²) in [7, 11) is 0. The first-order valence-corrected chi connectivity index (χ1v) is 8.59. The van der Waals surface area contributed by atoms with Crippen LogP contribution in [0.25, 0.3) is 0 Å². The zero-order valence-corrected chi connectivity index (χ0v) is 13.3. The Balaban J connectivity index is 1.73. The van der Waals surface area contributed by atoms with Crippen LogP contribution in [0.15, 0.2) is 0 Å². The average Bonchev–Trinajstić information content (AvgIpc) is 3.14. The molecule has 0 aromatic rings. The van der Waals surface area contributed by atoms with E-state index in [-0.39, 0.29) is 23.4 Å². The molecule has 3 aliphatic carbocycles. The smallest absolute Gasteiger partial charge is 0.341 e. The van der Waals surface area contributed by atoms with Gasteiger partial charge in [-0.2, -0.15) is 0 Å². The van der Waals surface area contributed by atoms with Crippen molar-refractivity contribution in [3.8, 4) is 0 Å². The van der Waals surface area contributed by atoms with E-state index in [9.17, 15) is 14.7 Å². The minimum Gasteiger partial charge on any atom is -0.459 e. The SMILES string of the molecule is CC1(C)C[C@@]2(O)C(=O)O[C@H]3O[C@@]45CCCC46[C@@H](C[C@@H]1C362)OC5=O. The van der Waals surface area contributed by atoms with Gasteiger partial charge in [0.05, 0.1) is 10.8 Å². The number of hydrogen-bond donors (Lipinski definition) is 1. The molecule has 0 aromatic carbocycles. The van der Waals surface area contributed by atoms with E-state index < -0.39 is 34.3 Å². The van der Waals surface area contributed by atoms with Crippen molar-refractivity contribution in [3.63, 3.8) is 0 Å². The van der Waals surface area contributed by atoms with Gasteiger partial charge in [-0.3, -0.25) is 0 Å². The number of hydrogen-bond acceptors (Lipinski definition) is 6. The van der Waals surface area contributed by atoms with Crippen LogP contribution >= 0.6 is 0 Å². The van der Waals surface area contributed by atoms with E-state index in [1.54, 1.807) is 0 Å². The van der Waals surface area contributed by atoms with Gasteiger partial charge in [-0.25, -0.2) is 9.59 Å². The Labute approximate surface area is 133 Å². The highest BCUT2D eigenvalue weighted by molar-refractivity contribution is 5.91. The Morgan fingerprint density at radius 2 is 1.91 bits per heavy atom. The summed E-state index contributed by atoms with van der Waals surface area (Å²) in [5, 5.41) is 11.5. The zero-order chi connectivity index (χ0) is 16.0. The molecule has 6 rings (SSSR count). The molecule has 6 fully saturated rings. The van der Waals surface area contributed by atoms with Gasteiger partial charge in [-0.15, -0.1) is 0 Å². The van der Waals surface area contributed by atoms with Crippen molar-refractivity contribution in [2.24, 2.45) is 22.2 Å². The highest BCUT2D eigenvalue weighted by atomic mass is 16.7. The van der Waals surface area contributed by atoms with Gasteiger partial charge < -0.3 is 19.3 Å². The van der Waals surface area contributed by atoms with Crippen molar-refractivity contribution in [2.45, 2.75) is 69.5 Å². The molecule has 0 amide bonds. The molecule has 3 saturated heterocycles. The average molecular weight is 320 g/mol. The minimum atomic E-state index is -1.57. The first-order chi connectivity index (χ1) is 10.8. The molecule has 6 aliphatic rings. The van der Waals surface area contributed by atoms with E-state index in [0.29, 0.717) is 19.3 Å². The predicted molar refractivity (Wildman–Crippen MR) is 73.7 cm³/mol. The number of esters is 2. The van der Waals surface area contributed by atoms with Crippen molar-refractivity contribution in [3.05, 3.63) is 0 Å². The summed E-state index contributed by atoms with van der Waals surface area (Å²) < 4.78 is 17.5. The Morgan fingerprint density at radius 3 is 2.70 bits per heavy atom. The summed E-state index contributed by atoms with van der Waals surface area (Å²) in [4.78, 5) is 25.3. The van der Waals surface area contributed by atoms with Crippen LogP contribution in [0, 0.1) is 22.2 Å². The highest BCUT2D eigenvalue weighted by Crippen LogP contribution is 2.87. The lowest BCUT2D eigenvalue weighted by atomic mass is 9.54. The molecule has 2 spiro atoms. The summed E-state index contributed by atoms with van der Waals surface area (Å²) in [5.41, 5.74) is -4.26. The summed E-state index contributed by atoms with van der Waals surface area (Å²) in [6.45, 7) is 4.20. The predicted octanol–water partition coefficient (Wildman–Crippen LogP) is 0.901. The van der Waals surface area contributed by atoms with E-state index in [2.05, 4.69) is 13.8 Å². The highest BCUT2D eigenvalue weighted by Gasteiger charge is 2.98. The fourth-order valence-corrected chi connectivity index (χ4v) is 7.97. The molecule has 0 bridgehead atoms. The largest absolute Gasteiger partial charge is 0.459 e. The molecule has 7 atom stereocenters. The van der Waals surface area contributed by atoms with E-state index in [1.165, 1.54) is 0 Å². The molecule has 6 nitrogen and oxygen atoms in total. The van der Waals surface area contributed by atoms with Crippen molar-refractivity contribution >= 4 is 11.9 Å². The second-order valence-electron chi connectivity index (χ2n) is 9.08. The van der Waals surface area contributed by atoms with Gasteiger partial charge >= 0.3 is 11.9 Å². The Bertz CT molecular complexity index is 701. The van der Waals surface area contributed by atoms with Crippen LogP contribution in [-0.4, -0.2) is 40.6 Å². The fourth-order valence-electron chi connectivity index (χ4n) is 7.97. The number of carbonyl (C=O) groups excluding carboxylic acids is 2. The van der Waals surface area contributed by atoms with Gasteiger partial charge in [-0.1, -0.05) is 13.8 Å². The standard InChI is InChI=1S/C17H20O6/c1-13(2)7-15(20)10(18)22-12-17(15)8(13)6-9-14(17)4-3-5-16(14,23-12)11(19)21-9/h8-9,12,20H,3-7H2,1-2H3/t8-,9+,12-,14?,15+,16+,17?/m0/s1. The summed E-state index contributed by atoms with van der Waals surface area (Å²) in [6.07, 6.45) is 2.18. The van der Waals surface area contributed by atoms with Crippen molar-refractivity contribution < 1.29 is 28.9 Å². The molecule has 1 N–H and O–H groups in total. The third-order valence-electron chi connectivity index (χ3n) is 8.26. The van der Waals surface area contributed by atoms with E-state index in [4.69, 9.17) is 14.2 Å². The molecule has 3 heterocycles. The van der Waals surface area contributed by atoms with Gasteiger partial charge in [0.25, 0.3) is 0 Å². The molecular formula is C17H20O6. The number of aliphatic hydroxyl groups is 1. The number of rotatable bonds is 0. The fraction of sp³-hybridized carbons (Fsp3) is 0.882. The van der Waals surface area contributed by atoms with Gasteiger partial charge in [0.15, 0.2) is 11.2 Å². The topological polar surface area (TPSA) is 82.1 Å². The van der Waals surface area contributed by atoms with Crippen molar-refractivity contribution in [1.29, 1.82) is 0 Å². The van der Waals surface area contributed by atoms with Crippen LogP contribution in [0.2, 0.25) is 0 Å². The third kappa shape index (κ3) is 0.860. The summed E-state index contributed by atoms with van der Waals surface area (Å²) >= 11 is 0. The van der Waals surface area contributed by atoms with E-state index in [1.807, 2.05) is 0 Å². The van der Waals surface area contributed by atoms with Crippen LogP contribution in [0.4, 0.5) is 0 Å². The Kier molecular flexibility index (Phi) is 1.75. The first-order valence-electron chi connectivity index (χ1n) is 8.59. The molecule has 3 aliphatic heterocycles. The minimum absolute atomic E-state index is 0.0505. The quantitative estimate of drug-likeness (QED) is 0.668. The lowest BCUT2D eigenvalue weighted by Crippen LogP contribution is -2.59. The van der Waals surface area contributed by atoms with E-state index in [0.717, 1.165) is 12.8 Å². The second-order valence-corrected chi connectivity index (χ2v) is 9.08. The van der Waals surface area contributed by atoms with Gasteiger partial charge in [0, 0.05) is 0 Å². The lowest BCUT2D eigenvalue weighted by Gasteiger charge is -2.43. The Hall–Kier alpha value is -1.14. The molecule has 3 saturated carbocycles. The molecular weight excluding hydrogens is 300 g/mol. The monoisotopic (exact) mass is 320 g/mol. The first kappa shape index (κ1) is 13.2. The summed E-state index contributed by atoms with van der Waals surface area (Å²) in [5.74, 6) is -0.840. The van der Waals surface area contributed by atoms with Crippen LogP contribution in [0.3, 0.4) is 0 Å². The summed E-state index contributed by atoms with van der Waals surface area (Å²) in [6, 6.07) is 0. The van der Waals surface area contributed by atoms with Crippen molar-refractivity contribution in [1.82, 2.24) is 0 Å². The third-order valence-corrected chi connectivity index (χ3v) is 8.26. The molecule has 0 radical (unpaired) electrons. The molecule has 0 aromatic heterocycles. The molecule has 2 unspecified atom stereocenters. The van der Waals surface area contributed by atoms with Crippen LogP contribution < -0.4 is 0 Å². The van der Waals surface area contributed by atoms with Gasteiger partial charge in [0.2, 0.25) is 6.29 Å². The maximum Gasteiger partial charge on any atom is 0.341 e. The van der Waals surface area contributed by atoms with Gasteiger partial charge in [-0.05, 0) is 43.4 Å². The maximum absolute atomic E-state index is 12.7. The number of carbonyl (C=O) groups is 2. The Morgan fingerprint density at radius 1 is 1.13 bits per heavy atom.